The minimum absolute atomic E-state index is 0.281. The van der Waals surface area contributed by atoms with Gasteiger partial charge in [0.1, 0.15) is 0 Å². The molecule has 0 saturated carbocycles. The van der Waals surface area contributed by atoms with Crippen molar-refractivity contribution in [3.8, 4) is 0 Å². The Morgan fingerprint density at radius 1 is 1.27 bits per heavy atom. The summed E-state index contributed by atoms with van der Waals surface area (Å²) < 4.78 is 4.31. The van der Waals surface area contributed by atoms with Crippen LogP contribution in [0.2, 0.25) is 0 Å². The van der Waals surface area contributed by atoms with Gasteiger partial charge < -0.3 is 9.47 Å². The van der Waals surface area contributed by atoms with E-state index in [2.05, 4.69) is 54.6 Å². The van der Waals surface area contributed by atoms with Crippen LogP contribution in [0, 0.1) is 0 Å². The van der Waals surface area contributed by atoms with E-state index >= 15 is 0 Å². The van der Waals surface area contributed by atoms with Crippen LogP contribution in [0.25, 0.3) is 11.0 Å². The molecule has 1 N–H and O–H groups in total. The third-order valence-corrected chi connectivity index (χ3v) is 4.99. The molecule has 3 rings (SSSR count). The standard InChI is InChI=1S/C18H23BrN6O/c1-4-24(5-2)10-11-25-15-9-7-6-8-14(15)20-18(25)21-17(26)16-13(19)12-23(3)22-16/h6-9,12H,4-5,10-11H2,1-3H3,(H,20,21,26). The number of halogens is 1. The number of nitrogens with one attached hydrogen (secondary N) is 1. The fourth-order valence-electron chi connectivity index (χ4n) is 2.95. The number of para-hydroxylation sites is 2. The molecule has 0 saturated heterocycles. The molecule has 1 amide bonds. The van der Waals surface area contributed by atoms with Crippen molar-refractivity contribution in [2.45, 2.75) is 20.4 Å². The smallest absolute Gasteiger partial charge is 0.279 e. The molecule has 1 aromatic carbocycles. The van der Waals surface area contributed by atoms with Crippen LogP contribution in [0.1, 0.15) is 24.3 Å². The Hall–Kier alpha value is -2.19. The summed E-state index contributed by atoms with van der Waals surface area (Å²) in [5.41, 5.74) is 2.22. The van der Waals surface area contributed by atoms with Crippen LogP contribution in [0.5, 0.6) is 0 Å². The van der Waals surface area contributed by atoms with Crippen molar-refractivity contribution in [3.05, 3.63) is 40.6 Å². The summed E-state index contributed by atoms with van der Waals surface area (Å²) >= 11 is 3.37. The lowest BCUT2D eigenvalue weighted by Crippen LogP contribution is -2.27. The maximum absolute atomic E-state index is 12.6. The predicted octanol–water partition coefficient (Wildman–Crippen LogP) is 3.13. The van der Waals surface area contributed by atoms with Crippen LogP contribution in [-0.2, 0) is 13.6 Å². The van der Waals surface area contributed by atoms with Crippen molar-refractivity contribution in [1.29, 1.82) is 0 Å². The van der Waals surface area contributed by atoms with Gasteiger partial charge in [-0.3, -0.25) is 14.8 Å². The Morgan fingerprint density at radius 2 is 2.00 bits per heavy atom. The second kappa shape index (κ2) is 8.01. The molecule has 8 heteroatoms. The molecule has 2 heterocycles. The van der Waals surface area contributed by atoms with Crippen molar-refractivity contribution >= 4 is 38.8 Å². The highest BCUT2D eigenvalue weighted by Gasteiger charge is 2.18. The number of nitrogens with zero attached hydrogens (tertiary/aromatic N) is 5. The van der Waals surface area contributed by atoms with E-state index < -0.39 is 0 Å². The summed E-state index contributed by atoms with van der Waals surface area (Å²) in [4.78, 5) is 19.6. The molecule has 0 unspecified atom stereocenters. The number of imidazole rings is 1. The summed E-state index contributed by atoms with van der Waals surface area (Å²) in [6, 6.07) is 7.91. The predicted molar refractivity (Wildman–Crippen MR) is 106 cm³/mol. The molecule has 138 valence electrons. The van der Waals surface area contributed by atoms with Crippen LogP contribution in [0.3, 0.4) is 0 Å². The van der Waals surface area contributed by atoms with Gasteiger partial charge >= 0.3 is 0 Å². The first-order valence-corrected chi connectivity index (χ1v) is 9.50. The monoisotopic (exact) mass is 418 g/mol. The van der Waals surface area contributed by atoms with Crippen LogP contribution >= 0.6 is 15.9 Å². The molecular weight excluding hydrogens is 396 g/mol. The van der Waals surface area contributed by atoms with Gasteiger partial charge in [0.15, 0.2) is 5.69 Å². The first kappa shape index (κ1) is 18.6. The number of aromatic nitrogens is 4. The average Bonchev–Trinajstić information content (AvgIpc) is 3.15. The number of likely N-dealkylation sites (N-methyl/N-ethyl adjacent to an activating group) is 1. The van der Waals surface area contributed by atoms with Crippen molar-refractivity contribution in [2.24, 2.45) is 7.05 Å². The highest BCUT2D eigenvalue weighted by Crippen LogP contribution is 2.21. The minimum Gasteiger partial charge on any atom is -0.309 e. The van der Waals surface area contributed by atoms with Gasteiger partial charge in [-0.1, -0.05) is 26.0 Å². The first-order chi connectivity index (χ1) is 12.5. The zero-order valence-corrected chi connectivity index (χ0v) is 16.8. The van der Waals surface area contributed by atoms with Gasteiger partial charge in [-0.2, -0.15) is 5.10 Å². The number of benzene rings is 1. The van der Waals surface area contributed by atoms with Gasteiger partial charge in [0.2, 0.25) is 5.95 Å². The normalized spacial score (nSPS) is 11.4. The lowest BCUT2D eigenvalue weighted by molar-refractivity contribution is 0.101. The third-order valence-electron chi connectivity index (χ3n) is 4.41. The maximum atomic E-state index is 12.6. The summed E-state index contributed by atoms with van der Waals surface area (Å²) in [6.07, 6.45) is 1.75. The van der Waals surface area contributed by atoms with Gasteiger partial charge in [-0.05, 0) is 41.2 Å². The van der Waals surface area contributed by atoms with Crippen molar-refractivity contribution in [1.82, 2.24) is 24.2 Å². The summed E-state index contributed by atoms with van der Waals surface area (Å²) in [5, 5.41) is 7.12. The quantitative estimate of drug-likeness (QED) is 0.639. The molecule has 0 aliphatic heterocycles. The van der Waals surface area contributed by atoms with E-state index in [-0.39, 0.29) is 5.91 Å². The number of amides is 1. The largest absolute Gasteiger partial charge is 0.309 e. The minimum atomic E-state index is -0.281. The van der Waals surface area contributed by atoms with Gasteiger partial charge in [-0.25, -0.2) is 4.98 Å². The second-order valence-electron chi connectivity index (χ2n) is 6.06. The number of hydrogen-bond donors (Lipinski definition) is 1. The Morgan fingerprint density at radius 3 is 2.65 bits per heavy atom. The summed E-state index contributed by atoms with van der Waals surface area (Å²) in [5.74, 6) is 0.262. The molecule has 2 aromatic heterocycles. The number of carbonyl (C=O) groups excluding carboxylic acids is 1. The molecule has 3 aromatic rings. The molecular formula is C18H23BrN6O. The fraction of sp³-hybridized carbons (Fsp3) is 0.389. The topological polar surface area (TPSA) is 68.0 Å². The molecule has 0 radical (unpaired) electrons. The van der Waals surface area contributed by atoms with Crippen molar-refractivity contribution in [2.75, 3.05) is 25.0 Å². The van der Waals surface area contributed by atoms with E-state index in [1.165, 1.54) is 0 Å². The lowest BCUT2D eigenvalue weighted by atomic mass is 10.3. The van der Waals surface area contributed by atoms with Gasteiger partial charge in [0.05, 0.1) is 15.5 Å². The Balaban J connectivity index is 1.90. The third kappa shape index (κ3) is 3.81. The van der Waals surface area contributed by atoms with Crippen molar-refractivity contribution in [3.63, 3.8) is 0 Å². The number of anilines is 1. The number of hydrogen-bond acceptors (Lipinski definition) is 4. The van der Waals surface area contributed by atoms with E-state index in [1.807, 2.05) is 24.3 Å². The van der Waals surface area contributed by atoms with Gasteiger partial charge in [-0.15, -0.1) is 0 Å². The van der Waals surface area contributed by atoms with E-state index in [0.717, 1.165) is 37.2 Å². The zero-order valence-electron chi connectivity index (χ0n) is 15.2. The van der Waals surface area contributed by atoms with Crippen LogP contribution in [0.15, 0.2) is 34.9 Å². The van der Waals surface area contributed by atoms with E-state index in [9.17, 15) is 4.79 Å². The summed E-state index contributed by atoms with van der Waals surface area (Å²) in [7, 11) is 1.78. The highest BCUT2D eigenvalue weighted by molar-refractivity contribution is 9.10. The molecule has 26 heavy (non-hydrogen) atoms. The summed E-state index contributed by atoms with van der Waals surface area (Å²) in [6.45, 7) is 7.93. The number of fused-ring (bicyclic) bond motifs is 1. The first-order valence-electron chi connectivity index (χ1n) is 8.71. The number of aryl methyl sites for hydroxylation is 1. The Labute approximate surface area is 161 Å². The average molecular weight is 419 g/mol. The molecule has 0 fully saturated rings. The van der Waals surface area contributed by atoms with Crippen LogP contribution in [0.4, 0.5) is 5.95 Å². The lowest BCUT2D eigenvalue weighted by Gasteiger charge is -2.19. The molecule has 7 nitrogen and oxygen atoms in total. The van der Waals surface area contributed by atoms with Crippen LogP contribution < -0.4 is 5.32 Å². The molecule has 0 aliphatic rings. The van der Waals surface area contributed by atoms with E-state index in [1.54, 1.807) is 17.9 Å². The van der Waals surface area contributed by atoms with Crippen LogP contribution in [-0.4, -0.2) is 49.8 Å². The Kier molecular flexibility index (Phi) is 5.73. The number of rotatable bonds is 7. The molecule has 0 aliphatic carbocycles. The molecule has 0 bridgehead atoms. The van der Waals surface area contributed by atoms with Gasteiger partial charge in [0.25, 0.3) is 5.91 Å². The zero-order chi connectivity index (χ0) is 18.7. The Bertz CT molecular complexity index is 912. The fourth-order valence-corrected chi connectivity index (χ4v) is 3.51. The van der Waals surface area contributed by atoms with Crippen molar-refractivity contribution < 1.29 is 4.79 Å². The number of carbonyl (C=O) groups is 1. The highest BCUT2D eigenvalue weighted by atomic mass is 79.9. The van der Waals surface area contributed by atoms with E-state index in [0.29, 0.717) is 16.1 Å². The second-order valence-corrected chi connectivity index (χ2v) is 6.91. The molecule has 0 spiro atoms. The maximum Gasteiger partial charge on any atom is 0.279 e. The van der Waals surface area contributed by atoms with E-state index in [4.69, 9.17) is 0 Å². The van der Waals surface area contributed by atoms with Gasteiger partial charge in [0, 0.05) is 26.3 Å². The SMILES string of the molecule is CCN(CC)CCn1c(NC(=O)c2nn(C)cc2Br)nc2ccccc21. The molecule has 0 atom stereocenters.